The minimum Gasteiger partial charge on any atom is -0.504 e. The first-order valence-corrected chi connectivity index (χ1v) is 12.1. The van der Waals surface area contributed by atoms with Crippen molar-refractivity contribution in [1.82, 2.24) is 24.8 Å². The number of tetrazole rings is 1. The molecule has 2 aromatic carbocycles. The quantitative estimate of drug-likeness (QED) is 0.364. The highest BCUT2D eigenvalue weighted by molar-refractivity contribution is 6.30. The molecule has 10 nitrogen and oxygen atoms in total. The Labute approximate surface area is 218 Å². The van der Waals surface area contributed by atoms with E-state index in [2.05, 4.69) is 20.0 Å². The number of para-hydroxylation sites is 1. The van der Waals surface area contributed by atoms with Gasteiger partial charge in [-0.05, 0) is 55.5 Å². The van der Waals surface area contributed by atoms with E-state index in [9.17, 15) is 15.0 Å². The van der Waals surface area contributed by atoms with Crippen molar-refractivity contribution in [3.05, 3.63) is 82.4 Å². The van der Waals surface area contributed by atoms with E-state index in [-0.39, 0.29) is 11.6 Å². The van der Waals surface area contributed by atoms with Crippen LogP contribution in [0.3, 0.4) is 0 Å². The Hall–Kier alpha value is -3.89. The number of hydrogen-bond acceptors (Lipinski definition) is 7. The molecule has 0 aliphatic carbocycles. The van der Waals surface area contributed by atoms with E-state index in [1.54, 1.807) is 12.1 Å². The largest absolute Gasteiger partial charge is 0.504 e. The number of phenols is 1. The molecule has 0 unspecified atom stereocenters. The minimum absolute atomic E-state index is 0.00739. The van der Waals surface area contributed by atoms with E-state index in [1.807, 2.05) is 42.6 Å². The first-order valence-electron chi connectivity index (χ1n) is 11.7. The Kier molecular flexibility index (Phi) is 6.38. The second-order valence-corrected chi connectivity index (χ2v) is 9.77. The number of nitrogens with zero attached hydrogens (tertiary/aromatic N) is 5. The first-order chi connectivity index (χ1) is 17.7. The van der Waals surface area contributed by atoms with Gasteiger partial charge in [0.15, 0.2) is 17.3 Å². The van der Waals surface area contributed by atoms with Crippen LogP contribution in [0.4, 0.5) is 0 Å². The van der Waals surface area contributed by atoms with E-state index in [4.69, 9.17) is 21.1 Å². The summed E-state index contributed by atoms with van der Waals surface area (Å²) in [5.74, 6) is -0.568. The lowest BCUT2D eigenvalue weighted by Gasteiger charge is -2.25. The standard InChI is InChI=1S/C26H26ClN5O5/c1-26(2,25(34)35)24-28-30-32(29-24)13-11-21-19-7-5-12-31(19)18-10-9-15(27)14-17(18)22(37-21)16-6-4-8-20(33)23(16)36-3/h4-10,12,14,21-22,33H,11,13H2,1-3H3,(H,34,35)/t21-,22-/m1/s1. The van der Waals surface area contributed by atoms with Crippen LogP contribution in [0.25, 0.3) is 5.69 Å². The number of carboxylic acid groups (broad SMARTS) is 1. The van der Waals surface area contributed by atoms with Crippen LogP contribution in [-0.4, -0.2) is 48.1 Å². The summed E-state index contributed by atoms with van der Waals surface area (Å²) in [6, 6.07) is 14.7. The lowest BCUT2D eigenvalue weighted by Crippen LogP contribution is -2.30. The topological polar surface area (TPSA) is 125 Å². The number of fused-ring (bicyclic) bond motifs is 3. The number of rotatable bonds is 7. The van der Waals surface area contributed by atoms with Crippen LogP contribution in [0.15, 0.2) is 54.7 Å². The maximum atomic E-state index is 11.6. The van der Waals surface area contributed by atoms with Crippen molar-refractivity contribution in [2.24, 2.45) is 0 Å². The predicted octanol–water partition coefficient (Wildman–Crippen LogP) is 4.44. The van der Waals surface area contributed by atoms with Crippen molar-refractivity contribution in [2.75, 3.05) is 7.11 Å². The molecular weight excluding hydrogens is 498 g/mol. The molecule has 0 fully saturated rings. The van der Waals surface area contributed by atoms with Crippen molar-refractivity contribution in [1.29, 1.82) is 0 Å². The number of aryl methyl sites for hydroxylation is 1. The normalized spacial score (nSPS) is 17.1. The third kappa shape index (κ3) is 4.42. The molecule has 4 aromatic rings. The number of aliphatic carboxylic acids is 1. The fourth-order valence-corrected chi connectivity index (χ4v) is 4.66. The average Bonchev–Trinajstić information content (AvgIpc) is 3.52. The number of hydrogen-bond donors (Lipinski definition) is 2. The number of phenolic OH excluding ortho intramolecular Hbond substituents is 1. The van der Waals surface area contributed by atoms with E-state index in [0.29, 0.717) is 29.3 Å². The highest BCUT2D eigenvalue weighted by atomic mass is 35.5. The average molecular weight is 524 g/mol. The summed E-state index contributed by atoms with van der Waals surface area (Å²) < 4.78 is 14.3. The van der Waals surface area contributed by atoms with Gasteiger partial charge in [-0.2, -0.15) is 4.80 Å². The van der Waals surface area contributed by atoms with E-state index < -0.39 is 23.6 Å². The summed E-state index contributed by atoms with van der Waals surface area (Å²) in [5.41, 5.74) is 2.03. The summed E-state index contributed by atoms with van der Waals surface area (Å²) in [7, 11) is 1.50. The number of methoxy groups -OCH3 is 1. The zero-order valence-electron chi connectivity index (χ0n) is 20.5. The summed E-state index contributed by atoms with van der Waals surface area (Å²) in [4.78, 5) is 13.0. The highest BCUT2D eigenvalue weighted by Crippen LogP contribution is 2.46. The molecule has 0 bridgehead atoms. The molecule has 0 radical (unpaired) electrons. The van der Waals surface area contributed by atoms with Gasteiger partial charge in [-0.25, -0.2) is 0 Å². The Morgan fingerprint density at radius 3 is 2.76 bits per heavy atom. The number of benzene rings is 2. The van der Waals surface area contributed by atoms with Gasteiger partial charge in [0.2, 0.25) is 0 Å². The first kappa shape index (κ1) is 24.8. The molecule has 0 amide bonds. The number of aromatic hydroxyl groups is 1. The van der Waals surface area contributed by atoms with Crippen LogP contribution >= 0.6 is 11.6 Å². The van der Waals surface area contributed by atoms with Gasteiger partial charge >= 0.3 is 5.97 Å². The maximum Gasteiger partial charge on any atom is 0.316 e. The van der Waals surface area contributed by atoms with Crippen LogP contribution in [0.2, 0.25) is 5.02 Å². The fraction of sp³-hybridized carbons (Fsp3) is 0.308. The van der Waals surface area contributed by atoms with Crippen LogP contribution in [0.1, 0.15) is 55.1 Å². The van der Waals surface area contributed by atoms with Crippen molar-refractivity contribution < 1.29 is 24.5 Å². The summed E-state index contributed by atoms with van der Waals surface area (Å²) in [6.07, 6.45) is 1.40. The van der Waals surface area contributed by atoms with Gasteiger partial charge in [0.1, 0.15) is 17.6 Å². The van der Waals surface area contributed by atoms with Gasteiger partial charge in [-0.3, -0.25) is 4.79 Å². The Bertz CT molecular complexity index is 1460. The van der Waals surface area contributed by atoms with Crippen LogP contribution in [-0.2, 0) is 21.5 Å². The molecule has 2 atom stereocenters. The monoisotopic (exact) mass is 523 g/mol. The zero-order chi connectivity index (χ0) is 26.3. The number of aromatic nitrogens is 5. The molecule has 5 rings (SSSR count). The van der Waals surface area contributed by atoms with Crippen LogP contribution < -0.4 is 4.74 Å². The molecule has 1 aliphatic heterocycles. The molecule has 0 saturated carbocycles. The van der Waals surface area contributed by atoms with Crippen LogP contribution in [0, 0.1) is 0 Å². The third-order valence-electron chi connectivity index (χ3n) is 6.59. The molecule has 2 N–H and O–H groups in total. The second-order valence-electron chi connectivity index (χ2n) is 9.34. The number of ether oxygens (including phenoxy) is 2. The van der Waals surface area contributed by atoms with E-state index in [0.717, 1.165) is 16.9 Å². The molecule has 1 aliphatic rings. The Balaban J connectivity index is 1.53. The fourth-order valence-electron chi connectivity index (χ4n) is 4.48. The van der Waals surface area contributed by atoms with E-state index >= 15 is 0 Å². The molecule has 0 saturated heterocycles. The zero-order valence-corrected chi connectivity index (χ0v) is 21.3. The summed E-state index contributed by atoms with van der Waals surface area (Å²) >= 11 is 6.41. The molecule has 11 heteroatoms. The number of halogens is 1. The smallest absolute Gasteiger partial charge is 0.316 e. The predicted molar refractivity (Wildman–Crippen MR) is 134 cm³/mol. The maximum absolute atomic E-state index is 11.6. The molecule has 3 heterocycles. The van der Waals surface area contributed by atoms with Gasteiger partial charge in [0, 0.05) is 28.8 Å². The molecular formula is C26H26ClN5O5. The highest BCUT2D eigenvalue weighted by Gasteiger charge is 2.35. The lowest BCUT2D eigenvalue weighted by atomic mass is 9.93. The van der Waals surface area contributed by atoms with Crippen molar-refractivity contribution in [2.45, 2.75) is 44.4 Å². The van der Waals surface area contributed by atoms with Gasteiger partial charge in [0.05, 0.1) is 25.0 Å². The minimum atomic E-state index is -1.26. The SMILES string of the molecule is COc1c(O)cccc1[C@H]1O[C@H](CCn2nnc(C(C)(C)C(=O)O)n2)c2cccn2-c2ccc(Cl)cc21. The number of carbonyl (C=O) groups is 1. The lowest BCUT2D eigenvalue weighted by molar-refractivity contribution is -0.142. The van der Waals surface area contributed by atoms with Crippen LogP contribution in [0.5, 0.6) is 11.5 Å². The second kappa shape index (κ2) is 9.53. The molecule has 0 spiro atoms. The van der Waals surface area contributed by atoms with Gasteiger partial charge in [-0.15, -0.1) is 10.2 Å². The van der Waals surface area contributed by atoms with Crippen molar-refractivity contribution in [3.63, 3.8) is 0 Å². The summed E-state index contributed by atoms with van der Waals surface area (Å²) in [6.45, 7) is 3.40. The Morgan fingerprint density at radius 1 is 1.19 bits per heavy atom. The van der Waals surface area contributed by atoms with Gasteiger partial charge in [-0.1, -0.05) is 23.7 Å². The van der Waals surface area contributed by atoms with Gasteiger partial charge in [0.25, 0.3) is 0 Å². The molecule has 2 aromatic heterocycles. The van der Waals surface area contributed by atoms with Crippen molar-refractivity contribution in [3.8, 4) is 17.2 Å². The van der Waals surface area contributed by atoms with E-state index in [1.165, 1.54) is 25.8 Å². The number of carboxylic acids is 1. The Morgan fingerprint density at radius 2 is 2.00 bits per heavy atom. The van der Waals surface area contributed by atoms with Gasteiger partial charge < -0.3 is 24.3 Å². The molecule has 37 heavy (non-hydrogen) atoms. The third-order valence-corrected chi connectivity index (χ3v) is 6.83. The van der Waals surface area contributed by atoms with Crippen molar-refractivity contribution >= 4 is 17.6 Å². The molecule has 192 valence electrons. The summed E-state index contributed by atoms with van der Waals surface area (Å²) in [5, 5.41) is 32.8.